The highest BCUT2D eigenvalue weighted by Crippen LogP contribution is 2.24. The van der Waals surface area contributed by atoms with E-state index in [0.29, 0.717) is 5.92 Å². The average Bonchev–Trinajstić information content (AvgIpc) is 2.33. The summed E-state index contributed by atoms with van der Waals surface area (Å²) in [6.45, 7) is 3.91. The number of hydrogen-bond acceptors (Lipinski definition) is 0. The molecule has 0 aliphatic carbocycles. The molecular formula is C15H14. The van der Waals surface area contributed by atoms with E-state index < -0.39 is 0 Å². The summed E-state index contributed by atoms with van der Waals surface area (Å²) in [6, 6.07) is 20.9. The summed E-state index contributed by atoms with van der Waals surface area (Å²) in [6.07, 6.45) is 1.99. The minimum Gasteiger partial charge on any atom is -0.102 e. The zero-order chi connectivity index (χ0) is 10.5. The van der Waals surface area contributed by atoms with E-state index in [-0.39, 0.29) is 0 Å². The first-order valence-corrected chi connectivity index (χ1v) is 5.14. The molecule has 0 heterocycles. The number of hydrogen-bond donors (Lipinski definition) is 0. The maximum Gasteiger partial charge on any atom is 0.0266 e. The van der Waals surface area contributed by atoms with Gasteiger partial charge in [0, 0.05) is 5.92 Å². The van der Waals surface area contributed by atoms with Gasteiger partial charge in [0.2, 0.25) is 0 Å². The molecule has 0 nitrogen and oxygen atoms in total. The van der Waals surface area contributed by atoms with Gasteiger partial charge in [-0.25, -0.2) is 0 Å². The zero-order valence-electron chi connectivity index (χ0n) is 8.64. The summed E-state index contributed by atoms with van der Waals surface area (Å²) in [4.78, 5) is 0. The van der Waals surface area contributed by atoms with Gasteiger partial charge in [0.25, 0.3) is 0 Å². The predicted octanol–water partition coefficient (Wildman–Crippen LogP) is 4.00. The van der Waals surface area contributed by atoms with Gasteiger partial charge in [-0.2, -0.15) is 0 Å². The lowest BCUT2D eigenvalue weighted by Gasteiger charge is -2.12. The van der Waals surface area contributed by atoms with Crippen LogP contribution in [0.3, 0.4) is 0 Å². The molecule has 2 rings (SSSR count). The van der Waals surface area contributed by atoms with Crippen molar-refractivity contribution >= 4 is 0 Å². The van der Waals surface area contributed by atoms with Crippen molar-refractivity contribution in [3.05, 3.63) is 84.4 Å². The van der Waals surface area contributed by atoms with Gasteiger partial charge in [0.1, 0.15) is 0 Å². The molecule has 0 heteroatoms. The van der Waals surface area contributed by atoms with E-state index in [0.717, 1.165) is 0 Å². The molecule has 74 valence electrons. The highest BCUT2D eigenvalue weighted by atomic mass is 15.2. The van der Waals surface area contributed by atoms with Crippen LogP contribution in [0.4, 0.5) is 0 Å². The van der Waals surface area contributed by atoms with Gasteiger partial charge >= 0.3 is 0 Å². The monoisotopic (exact) mass is 198 g/mol. The van der Waals surface area contributed by atoms with Gasteiger partial charge in [0.15, 0.2) is 0 Å². The topological polar surface area (TPSA) is 0 Å². The van der Waals surface area contributed by atoms with E-state index in [2.05, 4.69) is 55.1 Å². The average molecular weight is 198 g/mol. The van der Waals surface area contributed by atoms with Crippen LogP contribution in [-0.2, 0) is 0 Å². The maximum atomic E-state index is 3.91. The molecule has 0 fully saturated rings. The second-order valence-corrected chi connectivity index (χ2v) is 3.53. The van der Waals surface area contributed by atoms with Gasteiger partial charge < -0.3 is 0 Å². The molecule has 0 aromatic heterocycles. The first kappa shape index (κ1) is 9.72. The molecule has 0 radical (unpaired) electrons. The molecule has 0 atom stereocenters. The van der Waals surface area contributed by atoms with Gasteiger partial charge in [-0.15, -0.1) is 6.58 Å². The molecule has 0 amide bonds. The second kappa shape index (κ2) is 4.61. The van der Waals surface area contributed by atoms with Crippen LogP contribution in [0.15, 0.2) is 73.3 Å². The molecule has 0 aliphatic heterocycles. The SMILES string of the molecule is C=CC([14c]1ccccc1)[14c]1ccccc1. The molecular weight excluding hydrogens is 184 g/mol. The fourth-order valence-corrected chi connectivity index (χ4v) is 1.79. The highest BCUT2D eigenvalue weighted by Gasteiger charge is 2.08. The first-order chi connectivity index (χ1) is 7.42. The Morgan fingerprint density at radius 3 is 1.47 bits per heavy atom. The molecule has 0 bridgehead atoms. The molecule has 0 saturated carbocycles. The second-order valence-electron chi connectivity index (χ2n) is 3.53. The third-order valence-electron chi connectivity index (χ3n) is 2.55. The Morgan fingerprint density at radius 1 is 0.733 bits per heavy atom. The summed E-state index contributed by atoms with van der Waals surface area (Å²) >= 11 is 0. The zero-order valence-corrected chi connectivity index (χ0v) is 8.64. The molecule has 0 spiro atoms. The van der Waals surface area contributed by atoms with Crippen LogP contribution in [0, 0.1) is 0 Å². The fourth-order valence-electron chi connectivity index (χ4n) is 1.79. The molecule has 2 aromatic carbocycles. The largest absolute Gasteiger partial charge is 0.102 e. The third-order valence-corrected chi connectivity index (χ3v) is 2.55. The standard InChI is InChI=1S/C15H14/c1-2-15(13-9-5-3-6-10-13)14-11-7-4-8-12-14/h2-12,15H,1H2/i13+2,14+2. The Labute approximate surface area is 90.9 Å². The number of rotatable bonds is 3. The van der Waals surface area contributed by atoms with Crippen molar-refractivity contribution in [1.29, 1.82) is 0 Å². The van der Waals surface area contributed by atoms with Crippen molar-refractivity contribution in [1.82, 2.24) is 0 Å². The van der Waals surface area contributed by atoms with Crippen LogP contribution in [0.2, 0.25) is 0 Å². The van der Waals surface area contributed by atoms with Crippen LogP contribution in [0.1, 0.15) is 17.0 Å². The lowest BCUT2D eigenvalue weighted by Crippen LogP contribution is -1.96. The van der Waals surface area contributed by atoms with Crippen molar-refractivity contribution in [3.8, 4) is 0 Å². The number of allylic oxidation sites excluding steroid dienone is 1. The van der Waals surface area contributed by atoms with Gasteiger partial charge in [0.05, 0.1) is 0 Å². The summed E-state index contributed by atoms with van der Waals surface area (Å²) in [5, 5.41) is 0. The third kappa shape index (κ3) is 2.16. The van der Waals surface area contributed by atoms with Crippen LogP contribution in [0.25, 0.3) is 0 Å². The Morgan fingerprint density at radius 2 is 1.13 bits per heavy atom. The summed E-state index contributed by atoms with van der Waals surface area (Å²) in [7, 11) is 0. The first-order valence-electron chi connectivity index (χ1n) is 5.14. The van der Waals surface area contributed by atoms with Crippen LogP contribution < -0.4 is 0 Å². The van der Waals surface area contributed by atoms with Gasteiger partial charge in [-0.3, -0.25) is 0 Å². The fraction of sp³-hybridized carbons (Fsp3) is 0.0667. The smallest absolute Gasteiger partial charge is 0.0266 e. The lowest BCUT2D eigenvalue weighted by atomic mass is 10.3. The van der Waals surface area contributed by atoms with Crippen molar-refractivity contribution in [2.75, 3.05) is 0 Å². The predicted molar refractivity (Wildman–Crippen MR) is 64.9 cm³/mol. The van der Waals surface area contributed by atoms with E-state index in [1.54, 1.807) is 0 Å². The summed E-state index contributed by atoms with van der Waals surface area (Å²) in [5.74, 6) is 0.299. The molecule has 0 N–H and O–H groups in total. The van der Waals surface area contributed by atoms with E-state index in [4.69, 9.17) is 0 Å². The van der Waals surface area contributed by atoms with Gasteiger partial charge in [-0.05, 0) is 11.1 Å². The molecule has 0 aliphatic rings. The quantitative estimate of drug-likeness (QED) is 0.654. The van der Waals surface area contributed by atoms with E-state index in [1.165, 1.54) is 11.1 Å². The van der Waals surface area contributed by atoms with Crippen molar-refractivity contribution in [3.63, 3.8) is 0 Å². The van der Waals surface area contributed by atoms with E-state index in [1.807, 2.05) is 18.2 Å². The Hall–Kier alpha value is -1.82. The van der Waals surface area contributed by atoms with Crippen LogP contribution in [-0.4, -0.2) is 0 Å². The minimum atomic E-state index is 0.299. The Balaban J connectivity index is 2.38. The molecule has 15 heavy (non-hydrogen) atoms. The normalized spacial score (nSPS) is 10.2. The maximum absolute atomic E-state index is 3.91. The van der Waals surface area contributed by atoms with Crippen LogP contribution >= 0.6 is 0 Å². The highest BCUT2D eigenvalue weighted by molar-refractivity contribution is 5.35. The van der Waals surface area contributed by atoms with Crippen LogP contribution in [0.5, 0.6) is 0 Å². The molecule has 0 unspecified atom stereocenters. The summed E-state index contributed by atoms with van der Waals surface area (Å²) in [5.41, 5.74) is 2.58. The number of benzene rings is 2. The van der Waals surface area contributed by atoms with E-state index in [9.17, 15) is 0 Å². The van der Waals surface area contributed by atoms with Gasteiger partial charge in [-0.1, -0.05) is 66.7 Å². The Kier molecular flexibility index (Phi) is 2.99. The Bertz CT molecular complexity index is 375. The molecule has 0 saturated heterocycles. The summed E-state index contributed by atoms with van der Waals surface area (Å²) < 4.78 is 0. The van der Waals surface area contributed by atoms with E-state index >= 15 is 0 Å². The molecule has 2 aromatic rings. The lowest BCUT2D eigenvalue weighted by molar-refractivity contribution is 1.03. The van der Waals surface area contributed by atoms with Crippen molar-refractivity contribution < 1.29 is 0 Å². The minimum absolute atomic E-state index is 0.299. The van der Waals surface area contributed by atoms with Crippen molar-refractivity contribution in [2.45, 2.75) is 5.92 Å². The van der Waals surface area contributed by atoms with Crippen molar-refractivity contribution in [2.24, 2.45) is 0 Å².